The first-order chi connectivity index (χ1) is 11.1. The number of piperidine rings is 1. The van der Waals surface area contributed by atoms with E-state index >= 15 is 0 Å². The zero-order chi connectivity index (χ0) is 16.2. The maximum Gasteiger partial charge on any atom is 0.266 e. The Hall–Kier alpha value is -2.08. The van der Waals surface area contributed by atoms with Gasteiger partial charge in [-0.25, -0.2) is 0 Å². The van der Waals surface area contributed by atoms with Crippen LogP contribution in [-0.4, -0.2) is 38.2 Å². The average molecular weight is 335 g/mol. The number of nitrogens with zero attached hydrogens (tertiary/aromatic N) is 3. The number of carbonyl (C=O) groups is 1. The van der Waals surface area contributed by atoms with Crippen molar-refractivity contribution < 1.29 is 4.79 Å². The van der Waals surface area contributed by atoms with E-state index < -0.39 is 0 Å². The van der Waals surface area contributed by atoms with Gasteiger partial charge in [0.05, 0.1) is 5.56 Å². The molecule has 6 nitrogen and oxygen atoms in total. The lowest BCUT2D eigenvalue weighted by molar-refractivity contribution is 0.0593. The lowest BCUT2D eigenvalue weighted by Gasteiger charge is -2.36. The number of pyridine rings is 1. The molecule has 1 aliphatic rings. The topological polar surface area (TPSA) is 71.0 Å². The van der Waals surface area contributed by atoms with Crippen LogP contribution >= 0.6 is 11.6 Å². The van der Waals surface area contributed by atoms with Crippen molar-refractivity contribution in [2.75, 3.05) is 6.54 Å². The monoisotopic (exact) mass is 334 g/mol. The molecule has 1 unspecified atom stereocenters. The van der Waals surface area contributed by atoms with Gasteiger partial charge in [0.15, 0.2) is 0 Å². The molecule has 122 valence electrons. The van der Waals surface area contributed by atoms with E-state index in [-0.39, 0.29) is 22.5 Å². The van der Waals surface area contributed by atoms with Crippen LogP contribution in [0.2, 0.25) is 5.02 Å². The molecule has 3 heterocycles. The number of H-pyrrole nitrogens is 1. The molecule has 23 heavy (non-hydrogen) atoms. The summed E-state index contributed by atoms with van der Waals surface area (Å²) >= 11 is 5.84. The molecule has 0 spiro atoms. The number of amides is 1. The minimum atomic E-state index is -0.378. The third-order valence-electron chi connectivity index (χ3n) is 4.24. The van der Waals surface area contributed by atoms with Crippen LogP contribution < -0.4 is 5.56 Å². The van der Waals surface area contributed by atoms with E-state index in [1.165, 1.54) is 12.3 Å². The van der Waals surface area contributed by atoms with Gasteiger partial charge >= 0.3 is 0 Å². The lowest BCUT2D eigenvalue weighted by Crippen LogP contribution is -2.44. The molecule has 0 saturated carbocycles. The standard InChI is InChI=1S/C16H19ClN4O2/c17-14-10-12(11-18-15(14)22)16(23)21-8-2-1-4-13(21)5-9-20-7-3-6-19-20/h3,6-7,10-11,13H,1-2,4-5,8-9H2,(H,18,22). The normalized spacial score (nSPS) is 18.1. The Morgan fingerprint density at radius 3 is 3.04 bits per heavy atom. The number of likely N-dealkylation sites (tertiary alicyclic amines) is 1. The van der Waals surface area contributed by atoms with E-state index in [4.69, 9.17) is 11.6 Å². The Balaban J connectivity index is 1.73. The smallest absolute Gasteiger partial charge is 0.266 e. The number of nitrogens with one attached hydrogen (secondary N) is 1. The summed E-state index contributed by atoms with van der Waals surface area (Å²) in [7, 11) is 0. The fourth-order valence-corrected chi connectivity index (χ4v) is 3.20. The third-order valence-corrected chi connectivity index (χ3v) is 4.52. The van der Waals surface area contributed by atoms with Gasteiger partial charge < -0.3 is 9.88 Å². The second kappa shape index (κ2) is 7.00. The van der Waals surface area contributed by atoms with Crippen LogP contribution in [0.5, 0.6) is 0 Å². The highest BCUT2D eigenvalue weighted by molar-refractivity contribution is 6.30. The van der Waals surface area contributed by atoms with Crippen molar-refractivity contribution in [3.05, 3.63) is 51.7 Å². The molecular weight excluding hydrogens is 316 g/mol. The summed E-state index contributed by atoms with van der Waals surface area (Å²) in [5.41, 5.74) is 0.0534. The molecule has 3 rings (SSSR count). The van der Waals surface area contributed by atoms with Crippen molar-refractivity contribution in [3.8, 4) is 0 Å². The van der Waals surface area contributed by atoms with Crippen molar-refractivity contribution in [2.24, 2.45) is 0 Å². The van der Waals surface area contributed by atoms with Crippen LogP contribution in [0.1, 0.15) is 36.0 Å². The fourth-order valence-electron chi connectivity index (χ4n) is 3.03. The number of aromatic amines is 1. The Labute approximate surface area is 139 Å². The first-order valence-corrected chi connectivity index (χ1v) is 8.19. The second-order valence-corrected chi connectivity index (χ2v) is 6.18. The molecule has 0 radical (unpaired) electrons. The first-order valence-electron chi connectivity index (χ1n) is 7.82. The van der Waals surface area contributed by atoms with E-state index in [1.54, 1.807) is 6.20 Å². The van der Waals surface area contributed by atoms with Gasteiger partial charge in [-0.15, -0.1) is 0 Å². The predicted molar refractivity (Wildman–Crippen MR) is 87.6 cm³/mol. The predicted octanol–water partition coefficient (Wildman–Crippen LogP) is 2.31. The number of halogens is 1. The Morgan fingerprint density at radius 2 is 2.30 bits per heavy atom. The van der Waals surface area contributed by atoms with Crippen LogP contribution in [0.3, 0.4) is 0 Å². The SMILES string of the molecule is O=C(c1c[nH]c(=O)c(Cl)c1)N1CCCCC1CCn1cccn1. The molecule has 7 heteroatoms. The van der Waals surface area contributed by atoms with Crippen LogP contribution in [-0.2, 0) is 6.54 Å². The number of hydrogen-bond acceptors (Lipinski definition) is 3. The van der Waals surface area contributed by atoms with Crippen molar-refractivity contribution in [2.45, 2.75) is 38.3 Å². The highest BCUT2D eigenvalue weighted by Gasteiger charge is 2.27. The summed E-state index contributed by atoms with van der Waals surface area (Å²) in [4.78, 5) is 28.5. The van der Waals surface area contributed by atoms with E-state index in [2.05, 4.69) is 10.1 Å². The van der Waals surface area contributed by atoms with Gasteiger partial charge in [-0.05, 0) is 37.8 Å². The minimum Gasteiger partial charge on any atom is -0.336 e. The van der Waals surface area contributed by atoms with Crippen molar-refractivity contribution in [1.29, 1.82) is 0 Å². The van der Waals surface area contributed by atoms with Crippen molar-refractivity contribution in [3.63, 3.8) is 0 Å². The van der Waals surface area contributed by atoms with E-state index in [0.29, 0.717) is 5.56 Å². The largest absolute Gasteiger partial charge is 0.336 e. The van der Waals surface area contributed by atoms with E-state index in [0.717, 1.165) is 38.8 Å². The third kappa shape index (κ3) is 3.64. The molecule has 0 aromatic carbocycles. The van der Waals surface area contributed by atoms with Crippen molar-refractivity contribution in [1.82, 2.24) is 19.7 Å². The zero-order valence-electron chi connectivity index (χ0n) is 12.7. The van der Waals surface area contributed by atoms with Gasteiger partial charge in [-0.2, -0.15) is 5.10 Å². The molecule has 1 atom stereocenters. The summed E-state index contributed by atoms with van der Waals surface area (Å²) in [6.07, 6.45) is 9.11. The molecule has 1 fully saturated rings. The fraction of sp³-hybridized carbons (Fsp3) is 0.438. The number of aryl methyl sites for hydroxylation is 1. The Kier molecular flexibility index (Phi) is 4.81. The van der Waals surface area contributed by atoms with Gasteiger partial charge in [-0.3, -0.25) is 14.3 Å². The highest BCUT2D eigenvalue weighted by atomic mass is 35.5. The number of carbonyl (C=O) groups excluding carboxylic acids is 1. The molecule has 1 saturated heterocycles. The van der Waals surface area contributed by atoms with Gasteiger partial charge in [-0.1, -0.05) is 11.6 Å². The summed E-state index contributed by atoms with van der Waals surface area (Å²) in [6, 6.07) is 3.53. The molecule has 2 aromatic rings. The number of rotatable bonds is 4. The van der Waals surface area contributed by atoms with Crippen LogP contribution in [0.25, 0.3) is 0 Å². The average Bonchev–Trinajstić information content (AvgIpc) is 3.08. The molecule has 0 aliphatic carbocycles. The summed E-state index contributed by atoms with van der Waals surface area (Å²) in [5.74, 6) is -0.0756. The minimum absolute atomic E-state index is 0.0425. The van der Waals surface area contributed by atoms with Crippen LogP contribution in [0.15, 0.2) is 35.5 Å². The maximum atomic E-state index is 12.8. The van der Waals surface area contributed by atoms with Crippen LogP contribution in [0, 0.1) is 0 Å². The Bertz CT molecular complexity index is 726. The lowest BCUT2D eigenvalue weighted by atomic mass is 9.98. The molecule has 1 N–H and O–H groups in total. The van der Waals surface area contributed by atoms with Gasteiger partial charge in [0.2, 0.25) is 0 Å². The van der Waals surface area contributed by atoms with Crippen LogP contribution in [0.4, 0.5) is 0 Å². The molecule has 2 aromatic heterocycles. The summed E-state index contributed by atoms with van der Waals surface area (Å²) in [5, 5.41) is 4.25. The van der Waals surface area contributed by atoms with Crippen molar-refractivity contribution >= 4 is 17.5 Å². The van der Waals surface area contributed by atoms with Gasteiger partial charge in [0.1, 0.15) is 5.02 Å². The van der Waals surface area contributed by atoms with Gasteiger partial charge in [0, 0.05) is 37.7 Å². The first kappa shape index (κ1) is 15.8. The Morgan fingerprint density at radius 1 is 1.43 bits per heavy atom. The zero-order valence-corrected chi connectivity index (χ0v) is 13.5. The van der Waals surface area contributed by atoms with E-state index in [1.807, 2.05) is 21.8 Å². The molecular formula is C16H19ClN4O2. The quantitative estimate of drug-likeness (QED) is 0.932. The highest BCUT2D eigenvalue weighted by Crippen LogP contribution is 2.22. The molecule has 1 amide bonds. The van der Waals surface area contributed by atoms with E-state index in [9.17, 15) is 9.59 Å². The number of hydrogen-bond donors (Lipinski definition) is 1. The number of aromatic nitrogens is 3. The summed E-state index contributed by atoms with van der Waals surface area (Å²) < 4.78 is 1.88. The maximum absolute atomic E-state index is 12.8. The summed E-state index contributed by atoms with van der Waals surface area (Å²) in [6.45, 7) is 1.52. The molecule has 1 aliphatic heterocycles. The molecule has 0 bridgehead atoms. The van der Waals surface area contributed by atoms with Gasteiger partial charge in [0.25, 0.3) is 11.5 Å². The second-order valence-electron chi connectivity index (χ2n) is 5.77.